The Balaban J connectivity index is 2.65. The second-order valence-corrected chi connectivity index (χ2v) is 6.63. The number of carbonyl (C=O) groups excluding carboxylic acids is 2. The quantitative estimate of drug-likeness (QED) is 0.770. The molecule has 2 rings (SSSR count). The minimum Gasteiger partial charge on any atom is -0.463 e. The molecular formula is C18H20N2O4S. The van der Waals surface area contributed by atoms with Crippen LogP contribution in [0.25, 0.3) is 12.2 Å². The van der Waals surface area contributed by atoms with E-state index in [2.05, 4.69) is 0 Å². The van der Waals surface area contributed by atoms with Crippen molar-refractivity contribution in [2.45, 2.75) is 27.3 Å². The third-order valence-electron chi connectivity index (χ3n) is 3.49. The van der Waals surface area contributed by atoms with Crippen LogP contribution in [0.3, 0.4) is 0 Å². The van der Waals surface area contributed by atoms with E-state index < -0.39 is 11.9 Å². The van der Waals surface area contributed by atoms with Gasteiger partial charge in [0.15, 0.2) is 0 Å². The number of rotatable bonds is 5. The molecule has 0 radical (unpaired) electrons. The summed E-state index contributed by atoms with van der Waals surface area (Å²) >= 11 is 1.12. The molecule has 2 N–H and O–H groups in total. The molecule has 0 atom stereocenters. The summed E-state index contributed by atoms with van der Waals surface area (Å²) in [5, 5.41) is 0. The molecule has 0 aliphatic rings. The third kappa shape index (κ3) is 4.67. The fourth-order valence-corrected chi connectivity index (χ4v) is 3.38. The van der Waals surface area contributed by atoms with Gasteiger partial charge in [-0.25, -0.2) is 4.79 Å². The summed E-state index contributed by atoms with van der Waals surface area (Å²) in [6.07, 6.45) is 2.96. The summed E-state index contributed by atoms with van der Waals surface area (Å²) < 4.78 is 6.82. The Morgan fingerprint density at radius 2 is 2.04 bits per heavy atom. The first-order chi connectivity index (χ1) is 11.8. The van der Waals surface area contributed by atoms with Gasteiger partial charge in [-0.1, -0.05) is 23.8 Å². The maximum Gasteiger partial charge on any atom is 0.333 e. The summed E-state index contributed by atoms with van der Waals surface area (Å²) in [5.74, 6) is -1.23. The number of aryl methyl sites for hydroxylation is 2. The smallest absolute Gasteiger partial charge is 0.333 e. The highest BCUT2D eigenvalue weighted by Crippen LogP contribution is 2.10. The maximum atomic E-state index is 12.6. The highest BCUT2D eigenvalue weighted by Gasteiger charge is 2.09. The molecule has 6 nitrogen and oxygen atoms in total. The van der Waals surface area contributed by atoms with Crippen LogP contribution < -0.4 is 20.5 Å². The minimum absolute atomic E-state index is 0.225. The lowest BCUT2D eigenvalue weighted by Gasteiger charge is -2.00. The summed E-state index contributed by atoms with van der Waals surface area (Å²) in [4.78, 5) is 35.6. The molecule has 7 heteroatoms. The van der Waals surface area contributed by atoms with Gasteiger partial charge < -0.3 is 10.5 Å². The van der Waals surface area contributed by atoms with Gasteiger partial charge in [0.2, 0.25) is 5.91 Å². The van der Waals surface area contributed by atoms with Gasteiger partial charge >= 0.3 is 5.97 Å². The molecule has 1 aromatic carbocycles. The maximum absolute atomic E-state index is 12.6. The molecule has 2 aromatic rings. The Morgan fingerprint density at radius 3 is 2.64 bits per heavy atom. The molecule has 1 amide bonds. The second-order valence-electron chi connectivity index (χ2n) is 5.56. The molecule has 0 saturated heterocycles. The SMILES string of the molecule is CCOC(=O)/C=c1/s/c(=C\c2ccc(C)cc2C)c(=O)n1CC(N)=O. The van der Waals surface area contributed by atoms with E-state index >= 15 is 0 Å². The number of aromatic nitrogens is 1. The van der Waals surface area contributed by atoms with E-state index in [1.165, 1.54) is 10.6 Å². The number of amides is 1. The number of ether oxygens (including phenoxy) is 1. The summed E-state index contributed by atoms with van der Waals surface area (Å²) in [6.45, 7) is 5.58. The number of primary amides is 1. The largest absolute Gasteiger partial charge is 0.463 e. The Morgan fingerprint density at radius 1 is 1.32 bits per heavy atom. The van der Waals surface area contributed by atoms with Crippen LogP contribution in [-0.4, -0.2) is 23.1 Å². The highest BCUT2D eigenvalue weighted by atomic mass is 32.1. The van der Waals surface area contributed by atoms with Gasteiger partial charge in [-0.2, -0.15) is 0 Å². The summed E-state index contributed by atoms with van der Waals surface area (Å²) in [6, 6.07) is 5.91. The number of hydrogen-bond acceptors (Lipinski definition) is 5. The fourth-order valence-electron chi connectivity index (χ4n) is 2.36. The zero-order valence-electron chi connectivity index (χ0n) is 14.4. The molecule has 1 heterocycles. The van der Waals surface area contributed by atoms with Gasteiger partial charge in [0.05, 0.1) is 17.2 Å². The number of esters is 1. The van der Waals surface area contributed by atoms with Crippen molar-refractivity contribution in [3.63, 3.8) is 0 Å². The number of benzene rings is 1. The van der Waals surface area contributed by atoms with Crippen LogP contribution in [-0.2, 0) is 20.9 Å². The van der Waals surface area contributed by atoms with Crippen LogP contribution in [0.4, 0.5) is 0 Å². The van der Waals surface area contributed by atoms with Gasteiger partial charge in [-0.15, -0.1) is 11.3 Å². The number of hydrogen-bond donors (Lipinski definition) is 1. The molecule has 0 aliphatic carbocycles. The van der Waals surface area contributed by atoms with E-state index in [-0.39, 0.29) is 18.7 Å². The zero-order valence-corrected chi connectivity index (χ0v) is 15.2. The van der Waals surface area contributed by atoms with Crippen molar-refractivity contribution in [3.8, 4) is 0 Å². The molecule has 0 bridgehead atoms. The fraction of sp³-hybridized carbons (Fsp3) is 0.278. The normalized spacial score (nSPS) is 12.4. The molecule has 25 heavy (non-hydrogen) atoms. The lowest BCUT2D eigenvalue weighted by atomic mass is 10.1. The Kier molecular flexibility index (Phi) is 5.93. The van der Waals surface area contributed by atoms with Crippen molar-refractivity contribution in [1.82, 2.24) is 4.57 Å². The summed E-state index contributed by atoms with van der Waals surface area (Å²) in [7, 11) is 0. The molecule has 0 saturated carbocycles. The Labute approximate surface area is 148 Å². The van der Waals surface area contributed by atoms with Gasteiger partial charge in [0.25, 0.3) is 5.56 Å². The van der Waals surface area contributed by atoms with E-state index in [1.807, 2.05) is 32.0 Å². The standard InChI is InChI=1S/C18H20N2O4S/c1-4-24-17(22)9-16-20(10-15(19)21)18(23)14(25-16)8-13-6-5-11(2)7-12(13)3/h5-9H,4,10H2,1-3H3,(H2,19,21)/b14-8-,16-9+. The molecule has 0 spiro atoms. The lowest BCUT2D eigenvalue weighted by Crippen LogP contribution is -2.36. The minimum atomic E-state index is -0.656. The number of carbonyl (C=O) groups is 2. The van der Waals surface area contributed by atoms with Gasteiger partial charge in [-0.05, 0) is 38.0 Å². The van der Waals surface area contributed by atoms with E-state index in [9.17, 15) is 14.4 Å². The van der Waals surface area contributed by atoms with Gasteiger partial charge in [0, 0.05) is 0 Å². The van der Waals surface area contributed by atoms with Crippen molar-refractivity contribution in [2.75, 3.05) is 6.61 Å². The van der Waals surface area contributed by atoms with Crippen LogP contribution in [0.1, 0.15) is 23.6 Å². The number of nitrogens with two attached hydrogens (primary N) is 1. The molecule has 1 aromatic heterocycles. The van der Waals surface area contributed by atoms with Crippen LogP contribution >= 0.6 is 11.3 Å². The first-order valence-corrected chi connectivity index (χ1v) is 8.59. The topological polar surface area (TPSA) is 91.4 Å². The molecule has 0 aliphatic heterocycles. The van der Waals surface area contributed by atoms with Crippen molar-refractivity contribution in [1.29, 1.82) is 0 Å². The van der Waals surface area contributed by atoms with Crippen LogP contribution in [0, 0.1) is 13.8 Å². The van der Waals surface area contributed by atoms with Crippen molar-refractivity contribution < 1.29 is 14.3 Å². The molecule has 0 unspecified atom stereocenters. The molecular weight excluding hydrogens is 340 g/mol. The molecule has 132 valence electrons. The highest BCUT2D eigenvalue weighted by molar-refractivity contribution is 7.07. The van der Waals surface area contributed by atoms with Crippen LogP contribution in [0.5, 0.6) is 0 Å². The van der Waals surface area contributed by atoms with Gasteiger partial charge in [-0.3, -0.25) is 14.2 Å². The van der Waals surface area contributed by atoms with Crippen molar-refractivity contribution >= 4 is 35.4 Å². The number of nitrogens with zero attached hydrogens (tertiary/aromatic N) is 1. The van der Waals surface area contributed by atoms with Crippen molar-refractivity contribution in [3.05, 3.63) is 54.4 Å². The van der Waals surface area contributed by atoms with Crippen molar-refractivity contribution in [2.24, 2.45) is 5.73 Å². The van der Waals surface area contributed by atoms with E-state index in [0.29, 0.717) is 9.20 Å². The number of thiazole rings is 1. The second kappa shape index (κ2) is 7.94. The van der Waals surface area contributed by atoms with E-state index in [0.717, 1.165) is 28.0 Å². The van der Waals surface area contributed by atoms with E-state index in [4.69, 9.17) is 10.5 Å². The average molecular weight is 360 g/mol. The van der Waals surface area contributed by atoms with Gasteiger partial charge in [0.1, 0.15) is 11.2 Å². The first-order valence-electron chi connectivity index (χ1n) is 7.77. The summed E-state index contributed by atoms with van der Waals surface area (Å²) in [5.41, 5.74) is 7.92. The monoisotopic (exact) mass is 360 g/mol. The van der Waals surface area contributed by atoms with Crippen LogP contribution in [0.2, 0.25) is 0 Å². The Hall–Kier alpha value is -2.67. The first kappa shape index (κ1) is 18.7. The average Bonchev–Trinajstić information content (AvgIpc) is 2.78. The van der Waals surface area contributed by atoms with Crippen LogP contribution in [0.15, 0.2) is 23.0 Å². The zero-order chi connectivity index (χ0) is 18.6. The third-order valence-corrected chi connectivity index (χ3v) is 4.55. The molecule has 0 fully saturated rings. The predicted octanol–water partition coefficient (Wildman–Crippen LogP) is 0.184. The Bertz CT molecular complexity index is 985. The van der Waals surface area contributed by atoms with E-state index in [1.54, 1.807) is 13.0 Å². The lowest BCUT2D eigenvalue weighted by molar-refractivity contribution is -0.135. The predicted molar refractivity (Wildman–Crippen MR) is 97.6 cm³/mol.